The molecule has 0 bridgehead atoms. The normalized spacial score (nSPS) is 45.8. The summed E-state index contributed by atoms with van der Waals surface area (Å²) in [4.78, 5) is 0. The van der Waals surface area contributed by atoms with E-state index in [9.17, 15) is 16.8 Å². The van der Waals surface area contributed by atoms with E-state index in [1.807, 2.05) is 0 Å². The minimum Gasteiger partial charge on any atom is -0.267 e. The van der Waals surface area contributed by atoms with E-state index in [-0.39, 0.29) is 23.0 Å². The van der Waals surface area contributed by atoms with Crippen LogP contribution in [0.25, 0.3) is 0 Å². The van der Waals surface area contributed by atoms with Crippen LogP contribution in [0, 0.1) is 46.3 Å². The predicted molar refractivity (Wildman–Crippen MR) is 134 cm³/mol. The Balaban J connectivity index is 1.64. The molecule has 0 unspecified atom stereocenters. The lowest BCUT2D eigenvalue weighted by Crippen LogP contribution is -2.59. The van der Waals surface area contributed by atoms with Gasteiger partial charge in [0.25, 0.3) is 20.2 Å². The van der Waals surface area contributed by atoms with Gasteiger partial charge in [-0.2, -0.15) is 16.8 Å². The van der Waals surface area contributed by atoms with E-state index in [0.29, 0.717) is 35.5 Å². The molecule has 0 aliphatic heterocycles. The zero-order valence-corrected chi connectivity index (χ0v) is 23.6. The number of rotatable bonds is 7. The van der Waals surface area contributed by atoms with Crippen LogP contribution < -0.4 is 0 Å². The molecule has 0 radical (unpaired) electrons. The van der Waals surface area contributed by atoms with Gasteiger partial charge in [0.2, 0.25) is 0 Å². The van der Waals surface area contributed by atoms with Crippen LogP contribution in [0.2, 0.25) is 0 Å². The SMILES string of the molecule is CCC[C@@H](C)[C@H]1CC[C@H]2[C@@H]3CC[C@@H]4C[C@H](OS(C)(=O)=O)CC[C@]4(C)[C@H]3C[C@H](OS(C)(=O)=O)[C@]12C. The number of hydrogen-bond acceptors (Lipinski definition) is 6. The summed E-state index contributed by atoms with van der Waals surface area (Å²) in [6.45, 7) is 9.32. The first kappa shape index (κ1) is 26.9. The van der Waals surface area contributed by atoms with Crippen molar-refractivity contribution < 1.29 is 25.2 Å². The van der Waals surface area contributed by atoms with Crippen LogP contribution >= 0.6 is 0 Å². The molecule has 0 aromatic rings. The van der Waals surface area contributed by atoms with Crippen LogP contribution in [0.5, 0.6) is 0 Å². The molecule has 4 rings (SSSR count). The molecule has 198 valence electrons. The fourth-order valence-electron chi connectivity index (χ4n) is 9.46. The van der Waals surface area contributed by atoms with Crippen molar-refractivity contribution in [2.24, 2.45) is 46.3 Å². The van der Waals surface area contributed by atoms with Crippen LogP contribution in [0.3, 0.4) is 0 Å². The first-order valence-corrected chi connectivity index (χ1v) is 17.1. The summed E-state index contributed by atoms with van der Waals surface area (Å²) in [5, 5.41) is 0. The molecule has 0 aromatic carbocycles. The van der Waals surface area contributed by atoms with Gasteiger partial charge < -0.3 is 0 Å². The van der Waals surface area contributed by atoms with E-state index >= 15 is 0 Å². The van der Waals surface area contributed by atoms with E-state index in [1.54, 1.807) is 0 Å². The van der Waals surface area contributed by atoms with Crippen LogP contribution in [0.4, 0.5) is 0 Å². The standard InChI is InChI=1S/C26H46O6S2/c1-7-8-17(2)21-11-12-22-20-10-9-18-15-19(31-33(5,27)28)13-14-25(18,3)23(20)16-24(26(21,22)4)32-34(6,29)30/h17-24H,7-16H2,1-6H3/t17-,18-,19-,20+,21-,22+,23+,24+,25+,26-/m1/s1. The van der Waals surface area contributed by atoms with Crippen molar-refractivity contribution in [3.05, 3.63) is 0 Å². The van der Waals surface area contributed by atoms with Gasteiger partial charge in [-0.05, 0) is 92.3 Å². The minimum atomic E-state index is -3.56. The van der Waals surface area contributed by atoms with Gasteiger partial charge in [-0.3, -0.25) is 8.37 Å². The molecular weight excluding hydrogens is 472 g/mol. The molecule has 0 aromatic heterocycles. The largest absolute Gasteiger partial charge is 0.267 e. The highest BCUT2D eigenvalue weighted by Crippen LogP contribution is 2.69. The lowest BCUT2D eigenvalue weighted by atomic mass is 9.43. The van der Waals surface area contributed by atoms with Crippen LogP contribution in [0.15, 0.2) is 0 Å². The summed E-state index contributed by atoms with van der Waals surface area (Å²) >= 11 is 0. The molecule has 4 aliphatic rings. The third kappa shape index (κ3) is 4.87. The average molecular weight is 519 g/mol. The Bertz CT molecular complexity index is 962. The van der Waals surface area contributed by atoms with Crippen LogP contribution in [-0.2, 0) is 28.6 Å². The van der Waals surface area contributed by atoms with Gasteiger partial charge in [0.1, 0.15) is 0 Å². The lowest BCUT2D eigenvalue weighted by Gasteiger charge is -2.63. The Hall–Kier alpha value is -0.180. The molecule has 8 heteroatoms. The molecule has 0 saturated heterocycles. The van der Waals surface area contributed by atoms with Crippen molar-refractivity contribution in [1.82, 2.24) is 0 Å². The van der Waals surface area contributed by atoms with Crippen molar-refractivity contribution >= 4 is 20.2 Å². The Kier molecular flexibility index (Phi) is 7.34. The second-order valence-electron chi connectivity index (χ2n) is 12.7. The molecular formula is C26H46O6S2. The van der Waals surface area contributed by atoms with Gasteiger partial charge in [-0.15, -0.1) is 0 Å². The summed E-state index contributed by atoms with van der Waals surface area (Å²) in [6.07, 6.45) is 12.0. The maximum absolute atomic E-state index is 12.4. The first-order chi connectivity index (χ1) is 15.7. The van der Waals surface area contributed by atoms with Gasteiger partial charge in [0.15, 0.2) is 0 Å². The second kappa shape index (κ2) is 9.29. The highest BCUT2D eigenvalue weighted by atomic mass is 32.2. The van der Waals surface area contributed by atoms with Crippen LogP contribution in [0.1, 0.15) is 91.9 Å². The summed E-state index contributed by atoms with van der Waals surface area (Å²) in [5.41, 5.74) is -0.0352. The van der Waals surface area contributed by atoms with E-state index in [2.05, 4.69) is 27.7 Å². The maximum atomic E-state index is 12.4. The fourth-order valence-corrected chi connectivity index (χ4v) is 10.8. The predicted octanol–water partition coefficient (Wildman–Crippen LogP) is 5.38. The molecule has 4 saturated carbocycles. The van der Waals surface area contributed by atoms with Gasteiger partial charge in [-0.25, -0.2) is 0 Å². The summed E-state index contributed by atoms with van der Waals surface area (Å²) in [6, 6.07) is 0. The van der Waals surface area contributed by atoms with Gasteiger partial charge in [0, 0.05) is 5.41 Å². The van der Waals surface area contributed by atoms with Gasteiger partial charge in [-0.1, -0.05) is 40.5 Å². The fraction of sp³-hybridized carbons (Fsp3) is 1.00. The molecule has 10 atom stereocenters. The van der Waals surface area contributed by atoms with Crippen molar-refractivity contribution in [2.45, 2.75) is 104 Å². The van der Waals surface area contributed by atoms with Gasteiger partial charge >= 0.3 is 0 Å². The van der Waals surface area contributed by atoms with Crippen molar-refractivity contribution in [3.63, 3.8) is 0 Å². The molecule has 34 heavy (non-hydrogen) atoms. The van der Waals surface area contributed by atoms with E-state index in [0.717, 1.165) is 51.2 Å². The number of hydrogen-bond donors (Lipinski definition) is 0. The maximum Gasteiger partial charge on any atom is 0.264 e. The molecule has 0 heterocycles. The zero-order valence-electron chi connectivity index (χ0n) is 22.0. The minimum absolute atomic E-state index is 0.0772. The third-order valence-corrected chi connectivity index (χ3v) is 12.0. The van der Waals surface area contributed by atoms with E-state index in [1.165, 1.54) is 25.5 Å². The molecule has 4 aliphatic carbocycles. The van der Waals surface area contributed by atoms with Crippen molar-refractivity contribution in [1.29, 1.82) is 0 Å². The van der Waals surface area contributed by atoms with Gasteiger partial charge in [0.05, 0.1) is 24.7 Å². The number of fused-ring (bicyclic) bond motifs is 5. The first-order valence-electron chi connectivity index (χ1n) is 13.5. The highest BCUT2D eigenvalue weighted by Gasteiger charge is 2.65. The molecule has 0 spiro atoms. The van der Waals surface area contributed by atoms with Crippen molar-refractivity contribution in [2.75, 3.05) is 12.5 Å². The van der Waals surface area contributed by atoms with Crippen LogP contribution in [-0.4, -0.2) is 41.6 Å². The molecule has 6 nitrogen and oxygen atoms in total. The monoisotopic (exact) mass is 518 g/mol. The summed E-state index contributed by atoms with van der Waals surface area (Å²) < 4.78 is 59.7. The second-order valence-corrected chi connectivity index (χ2v) is 15.9. The van der Waals surface area contributed by atoms with Crippen molar-refractivity contribution in [3.8, 4) is 0 Å². The topological polar surface area (TPSA) is 86.7 Å². The van der Waals surface area contributed by atoms with E-state index in [4.69, 9.17) is 8.37 Å². The Morgan fingerprint density at radius 3 is 2.18 bits per heavy atom. The Labute approximate surface area is 208 Å². The zero-order chi connectivity index (χ0) is 25.1. The third-order valence-electron chi connectivity index (χ3n) is 10.8. The quantitative estimate of drug-likeness (QED) is 0.421. The smallest absolute Gasteiger partial charge is 0.264 e. The average Bonchev–Trinajstić information content (AvgIpc) is 3.05. The summed E-state index contributed by atoms with van der Waals surface area (Å²) in [5.74, 6) is 2.97. The molecule has 4 fully saturated rings. The molecule has 0 amide bonds. The summed E-state index contributed by atoms with van der Waals surface area (Å²) in [7, 11) is -7.02. The van der Waals surface area contributed by atoms with E-state index < -0.39 is 20.2 Å². The Morgan fingerprint density at radius 1 is 0.882 bits per heavy atom. The highest BCUT2D eigenvalue weighted by molar-refractivity contribution is 7.86. The molecule has 0 N–H and O–H groups in total. The Morgan fingerprint density at radius 2 is 1.56 bits per heavy atom. The lowest BCUT2D eigenvalue weighted by molar-refractivity contribution is -0.165.